The molecular formula is C18H21N4O2S+. The summed E-state index contributed by atoms with van der Waals surface area (Å²) in [7, 11) is 0. The lowest BCUT2D eigenvalue weighted by Gasteiger charge is -2.16. The molecule has 0 aliphatic carbocycles. The van der Waals surface area contributed by atoms with E-state index in [-0.39, 0.29) is 5.91 Å². The van der Waals surface area contributed by atoms with Crippen LogP contribution in [-0.4, -0.2) is 29.2 Å². The van der Waals surface area contributed by atoms with Crippen molar-refractivity contribution in [3.05, 3.63) is 53.7 Å². The number of benzene rings is 1. The first kappa shape index (κ1) is 17.3. The lowest BCUT2D eigenvalue weighted by atomic mass is 10.3. The molecule has 1 atom stereocenters. The molecule has 0 radical (unpaired) electrons. The maximum Gasteiger partial charge on any atom is 0.279 e. The number of quaternary nitrogens is 1. The number of amides is 1. The lowest BCUT2D eigenvalue weighted by Crippen LogP contribution is -3.11. The van der Waals surface area contributed by atoms with Crippen molar-refractivity contribution in [3.63, 3.8) is 0 Å². The van der Waals surface area contributed by atoms with Crippen molar-refractivity contribution in [2.75, 3.05) is 18.4 Å². The van der Waals surface area contributed by atoms with Gasteiger partial charge in [0.05, 0.1) is 11.4 Å². The lowest BCUT2D eigenvalue weighted by molar-refractivity contribution is -0.907. The summed E-state index contributed by atoms with van der Waals surface area (Å²) in [6.45, 7) is 3.85. The molecule has 1 unspecified atom stereocenters. The van der Waals surface area contributed by atoms with Gasteiger partial charge in [0.15, 0.2) is 13.1 Å². The van der Waals surface area contributed by atoms with Crippen molar-refractivity contribution in [1.82, 2.24) is 10.2 Å². The minimum Gasteiger partial charge on any atom is -0.414 e. The summed E-state index contributed by atoms with van der Waals surface area (Å²) in [4.78, 5) is 14.3. The van der Waals surface area contributed by atoms with Gasteiger partial charge in [-0.25, -0.2) is 0 Å². The number of thiophene rings is 1. The van der Waals surface area contributed by atoms with E-state index < -0.39 is 0 Å². The summed E-state index contributed by atoms with van der Waals surface area (Å²) < 4.78 is 5.74. The second kappa shape index (κ2) is 8.55. The van der Waals surface area contributed by atoms with E-state index in [9.17, 15) is 4.79 Å². The van der Waals surface area contributed by atoms with Crippen LogP contribution in [0.1, 0.15) is 19.2 Å². The molecule has 130 valence electrons. The first-order chi connectivity index (χ1) is 12.2. The Morgan fingerprint density at radius 3 is 2.76 bits per heavy atom. The largest absolute Gasteiger partial charge is 0.414 e. The summed E-state index contributed by atoms with van der Waals surface area (Å²) in [6.07, 6.45) is 0.972. The summed E-state index contributed by atoms with van der Waals surface area (Å²) in [6, 6.07) is 13.4. The number of aromatic nitrogens is 2. The van der Waals surface area contributed by atoms with Gasteiger partial charge in [-0.05, 0) is 30.0 Å². The van der Waals surface area contributed by atoms with Crippen molar-refractivity contribution in [2.45, 2.75) is 19.9 Å². The van der Waals surface area contributed by atoms with Crippen LogP contribution in [0.4, 0.5) is 5.69 Å². The van der Waals surface area contributed by atoms with Gasteiger partial charge in [0.1, 0.15) is 0 Å². The van der Waals surface area contributed by atoms with Crippen LogP contribution in [0.3, 0.4) is 0 Å². The van der Waals surface area contributed by atoms with Crippen LogP contribution in [0.5, 0.6) is 0 Å². The number of carbonyl (C=O) groups is 1. The van der Waals surface area contributed by atoms with E-state index in [1.807, 2.05) is 47.8 Å². The normalized spacial score (nSPS) is 12.0. The number of rotatable bonds is 8. The standard InChI is InChI=1S/C18H20N4O2S/c1-2-10-22(12-16(23)19-14-7-4-3-5-8-14)13-17-20-21-18(24-17)15-9-6-11-25-15/h3-9,11H,2,10,12-13H2,1H3,(H,19,23)/p+1. The first-order valence-electron chi connectivity index (χ1n) is 8.29. The Morgan fingerprint density at radius 1 is 1.20 bits per heavy atom. The van der Waals surface area contributed by atoms with Gasteiger partial charge in [-0.15, -0.1) is 21.5 Å². The van der Waals surface area contributed by atoms with E-state index in [1.165, 1.54) is 0 Å². The molecule has 0 saturated heterocycles. The SMILES string of the molecule is CCC[NH+](CC(=O)Nc1ccccc1)Cc1nnc(-c2cccs2)o1. The third-order valence-electron chi connectivity index (χ3n) is 3.67. The smallest absolute Gasteiger partial charge is 0.279 e. The Balaban J connectivity index is 1.60. The van der Waals surface area contributed by atoms with Crippen molar-refractivity contribution < 1.29 is 14.1 Å². The van der Waals surface area contributed by atoms with Gasteiger partial charge < -0.3 is 14.6 Å². The van der Waals surface area contributed by atoms with Crippen LogP contribution in [-0.2, 0) is 11.3 Å². The number of nitrogens with one attached hydrogen (secondary N) is 2. The average Bonchev–Trinajstić information content (AvgIpc) is 3.27. The zero-order valence-corrected chi connectivity index (χ0v) is 14.9. The van der Waals surface area contributed by atoms with Gasteiger partial charge in [-0.3, -0.25) is 4.79 Å². The Labute approximate surface area is 150 Å². The molecule has 1 aromatic carbocycles. The number of hydrogen-bond acceptors (Lipinski definition) is 5. The third-order valence-corrected chi connectivity index (χ3v) is 4.53. The van der Waals surface area contributed by atoms with Crippen LogP contribution >= 0.6 is 11.3 Å². The minimum atomic E-state index is -0.0207. The van der Waals surface area contributed by atoms with Gasteiger partial charge in [0.2, 0.25) is 0 Å². The van der Waals surface area contributed by atoms with E-state index in [4.69, 9.17) is 4.42 Å². The van der Waals surface area contributed by atoms with E-state index in [0.29, 0.717) is 24.9 Å². The van der Waals surface area contributed by atoms with Crippen LogP contribution in [0.2, 0.25) is 0 Å². The van der Waals surface area contributed by atoms with Gasteiger partial charge in [-0.2, -0.15) is 0 Å². The van der Waals surface area contributed by atoms with Crippen molar-refractivity contribution in [1.29, 1.82) is 0 Å². The van der Waals surface area contributed by atoms with Gasteiger partial charge in [-0.1, -0.05) is 31.2 Å². The molecule has 2 heterocycles. The van der Waals surface area contributed by atoms with Gasteiger partial charge >= 0.3 is 0 Å². The Kier molecular flexibility index (Phi) is 5.92. The summed E-state index contributed by atoms with van der Waals surface area (Å²) in [5.41, 5.74) is 0.807. The Bertz CT molecular complexity index is 787. The zero-order valence-electron chi connectivity index (χ0n) is 14.1. The predicted octanol–water partition coefficient (Wildman–Crippen LogP) is 2.23. The van der Waals surface area contributed by atoms with Crippen molar-refractivity contribution in [2.24, 2.45) is 0 Å². The van der Waals surface area contributed by atoms with Crippen LogP contribution in [0.15, 0.2) is 52.3 Å². The zero-order chi connectivity index (χ0) is 17.5. The molecule has 6 nitrogen and oxygen atoms in total. The molecule has 25 heavy (non-hydrogen) atoms. The van der Waals surface area contributed by atoms with Gasteiger partial charge in [0, 0.05) is 5.69 Å². The summed E-state index contributed by atoms with van der Waals surface area (Å²) >= 11 is 1.56. The molecule has 0 saturated carbocycles. The molecular weight excluding hydrogens is 336 g/mol. The third kappa shape index (κ3) is 4.98. The molecule has 3 rings (SSSR count). The maximum absolute atomic E-state index is 12.3. The fraction of sp³-hybridized carbons (Fsp3) is 0.278. The molecule has 2 N–H and O–H groups in total. The van der Waals surface area contributed by atoms with E-state index in [0.717, 1.165) is 28.4 Å². The quantitative estimate of drug-likeness (QED) is 0.648. The van der Waals surface area contributed by atoms with Crippen molar-refractivity contribution >= 4 is 22.9 Å². The minimum absolute atomic E-state index is 0.0207. The van der Waals surface area contributed by atoms with Crippen LogP contribution in [0, 0.1) is 0 Å². The second-order valence-corrected chi connectivity index (χ2v) is 6.69. The van der Waals surface area contributed by atoms with Crippen LogP contribution < -0.4 is 10.2 Å². The highest BCUT2D eigenvalue weighted by atomic mass is 32.1. The summed E-state index contributed by atoms with van der Waals surface area (Å²) in [5.74, 6) is 1.07. The number of para-hydroxylation sites is 1. The van der Waals surface area contributed by atoms with E-state index in [2.05, 4.69) is 22.4 Å². The molecule has 3 aromatic rings. The number of nitrogens with zero attached hydrogens (tertiary/aromatic N) is 2. The van der Waals surface area contributed by atoms with Crippen molar-refractivity contribution in [3.8, 4) is 10.8 Å². The monoisotopic (exact) mass is 357 g/mol. The van der Waals surface area contributed by atoms with Crippen LogP contribution in [0.25, 0.3) is 10.8 Å². The molecule has 0 spiro atoms. The number of hydrogen-bond donors (Lipinski definition) is 2. The molecule has 7 heteroatoms. The highest BCUT2D eigenvalue weighted by Crippen LogP contribution is 2.22. The number of carbonyl (C=O) groups excluding carboxylic acids is 1. The number of anilines is 1. The Morgan fingerprint density at radius 2 is 2.04 bits per heavy atom. The van der Waals surface area contributed by atoms with Gasteiger partial charge in [0.25, 0.3) is 17.7 Å². The predicted molar refractivity (Wildman–Crippen MR) is 97.4 cm³/mol. The molecule has 0 fully saturated rings. The highest BCUT2D eigenvalue weighted by molar-refractivity contribution is 7.13. The molecule has 0 aliphatic heterocycles. The summed E-state index contributed by atoms with van der Waals surface area (Å²) in [5, 5.41) is 13.1. The molecule has 0 aliphatic rings. The maximum atomic E-state index is 12.3. The topological polar surface area (TPSA) is 72.5 Å². The highest BCUT2D eigenvalue weighted by Gasteiger charge is 2.18. The average molecular weight is 357 g/mol. The fourth-order valence-electron chi connectivity index (χ4n) is 2.59. The van der Waals surface area contributed by atoms with E-state index >= 15 is 0 Å². The molecule has 2 aromatic heterocycles. The molecule has 1 amide bonds. The fourth-order valence-corrected chi connectivity index (χ4v) is 3.23. The second-order valence-electron chi connectivity index (χ2n) is 5.75. The molecule has 0 bridgehead atoms. The Hall–Kier alpha value is -2.51. The first-order valence-corrected chi connectivity index (χ1v) is 9.17. The van der Waals surface area contributed by atoms with E-state index in [1.54, 1.807) is 11.3 Å².